The van der Waals surface area contributed by atoms with Crippen LogP contribution in [0.4, 0.5) is 16.2 Å². The summed E-state index contributed by atoms with van der Waals surface area (Å²) in [6.07, 6.45) is 3.09. The Balaban J connectivity index is 1.66. The van der Waals surface area contributed by atoms with Crippen molar-refractivity contribution in [2.75, 3.05) is 23.5 Å². The van der Waals surface area contributed by atoms with Crippen molar-refractivity contribution in [3.8, 4) is 11.5 Å². The normalized spacial score (nSPS) is 14.7. The number of amides is 4. The number of barbiturate groups is 1. The highest BCUT2D eigenvalue weighted by atomic mass is 16.5. The molecule has 4 aromatic rings. The summed E-state index contributed by atoms with van der Waals surface area (Å²) in [7, 11) is 1.50. The van der Waals surface area contributed by atoms with Gasteiger partial charge in [-0.2, -0.15) is 0 Å². The number of methoxy groups -OCH3 is 1. The van der Waals surface area contributed by atoms with E-state index in [9.17, 15) is 14.4 Å². The molecule has 0 aliphatic carbocycles. The lowest BCUT2D eigenvalue weighted by Crippen LogP contribution is -2.57. The van der Waals surface area contributed by atoms with E-state index < -0.39 is 17.8 Å². The molecule has 7 heteroatoms. The number of hydrogen-bond acceptors (Lipinski definition) is 5. The van der Waals surface area contributed by atoms with Gasteiger partial charge in [0.2, 0.25) is 0 Å². The Morgan fingerprint density at radius 1 is 0.821 bits per heavy atom. The average Bonchev–Trinajstić information content (AvgIpc) is 2.95. The monoisotopic (exact) mass is 518 g/mol. The Morgan fingerprint density at radius 2 is 1.54 bits per heavy atom. The molecule has 1 heterocycles. The van der Waals surface area contributed by atoms with Crippen molar-refractivity contribution in [3.05, 3.63) is 114 Å². The summed E-state index contributed by atoms with van der Waals surface area (Å²) in [5.41, 5.74) is 2.10. The third kappa shape index (κ3) is 4.78. The molecule has 0 spiro atoms. The minimum absolute atomic E-state index is 0.162. The summed E-state index contributed by atoms with van der Waals surface area (Å²) in [4.78, 5) is 43.6. The zero-order valence-electron chi connectivity index (χ0n) is 21.6. The van der Waals surface area contributed by atoms with Crippen molar-refractivity contribution in [2.45, 2.75) is 6.92 Å². The zero-order valence-corrected chi connectivity index (χ0v) is 21.6. The standard InChI is InChI=1S/C32H26N2O5/c1-4-18-39-28-17-14-22(20-29(28)38-3)19-26-30(35)33(24-15-12-21(2)13-16-24)32(37)34(31(26)36)27-11-7-9-23-8-5-6-10-25(23)27/h4-17,19-20H,1,18H2,2-3H3/b26-19+. The van der Waals surface area contributed by atoms with Crippen LogP contribution in [0.15, 0.2) is 103 Å². The number of carbonyl (C=O) groups excluding carboxylic acids is 3. The molecule has 0 aromatic heterocycles. The van der Waals surface area contributed by atoms with Crippen LogP contribution in [0.25, 0.3) is 16.8 Å². The van der Waals surface area contributed by atoms with Gasteiger partial charge in [0.05, 0.1) is 18.5 Å². The van der Waals surface area contributed by atoms with Crippen LogP contribution in [0.3, 0.4) is 0 Å². The van der Waals surface area contributed by atoms with Crippen LogP contribution in [0, 0.1) is 6.92 Å². The van der Waals surface area contributed by atoms with Gasteiger partial charge in [0.15, 0.2) is 11.5 Å². The van der Waals surface area contributed by atoms with Crippen LogP contribution in [-0.2, 0) is 9.59 Å². The lowest BCUT2D eigenvalue weighted by Gasteiger charge is -2.34. The fraction of sp³-hybridized carbons (Fsp3) is 0.0938. The first-order valence-corrected chi connectivity index (χ1v) is 12.3. The molecule has 0 radical (unpaired) electrons. The Bertz CT molecular complexity index is 1630. The number of fused-ring (bicyclic) bond motifs is 1. The van der Waals surface area contributed by atoms with E-state index in [4.69, 9.17) is 9.47 Å². The van der Waals surface area contributed by atoms with E-state index in [1.54, 1.807) is 48.5 Å². The topological polar surface area (TPSA) is 76.2 Å². The van der Waals surface area contributed by atoms with Crippen molar-refractivity contribution in [1.29, 1.82) is 0 Å². The molecule has 1 aliphatic rings. The number of aryl methyl sites for hydroxylation is 1. The van der Waals surface area contributed by atoms with E-state index in [2.05, 4.69) is 6.58 Å². The summed E-state index contributed by atoms with van der Waals surface area (Å²) in [6.45, 7) is 5.86. The van der Waals surface area contributed by atoms with Gasteiger partial charge < -0.3 is 9.47 Å². The number of rotatable bonds is 7. The maximum atomic E-state index is 13.9. The van der Waals surface area contributed by atoms with E-state index in [1.165, 1.54) is 13.2 Å². The minimum Gasteiger partial charge on any atom is -0.493 e. The molecule has 0 atom stereocenters. The third-order valence-electron chi connectivity index (χ3n) is 6.40. The summed E-state index contributed by atoms with van der Waals surface area (Å²) < 4.78 is 11.1. The predicted molar refractivity (Wildman–Crippen MR) is 152 cm³/mol. The second-order valence-corrected chi connectivity index (χ2v) is 8.97. The molecule has 194 valence electrons. The second kappa shape index (κ2) is 10.7. The first kappa shape index (κ1) is 25.5. The van der Waals surface area contributed by atoms with Gasteiger partial charge in [0.25, 0.3) is 11.8 Å². The number of nitrogens with zero attached hydrogens (tertiary/aromatic N) is 2. The SMILES string of the molecule is C=CCOc1ccc(/C=C2\C(=O)N(c3ccc(C)cc3)C(=O)N(c3cccc4ccccc34)C2=O)cc1OC. The van der Waals surface area contributed by atoms with Crippen LogP contribution in [0.2, 0.25) is 0 Å². The van der Waals surface area contributed by atoms with E-state index in [1.807, 2.05) is 49.4 Å². The maximum Gasteiger partial charge on any atom is 0.343 e. The fourth-order valence-corrected chi connectivity index (χ4v) is 4.48. The van der Waals surface area contributed by atoms with Gasteiger partial charge in [-0.1, -0.05) is 72.8 Å². The molecule has 1 saturated heterocycles. The molecular formula is C32H26N2O5. The van der Waals surface area contributed by atoms with Gasteiger partial charge in [-0.25, -0.2) is 14.6 Å². The van der Waals surface area contributed by atoms with Crippen LogP contribution in [-0.4, -0.2) is 31.6 Å². The lowest BCUT2D eigenvalue weighted by atomic mass is 10.0. The van der Waals surface area contributed by atoms with Gasteiger partial charge in [-0.15, -0.1) is 0 Å². The molecule has 1 fully saturated rings. The Labute approximate surface area is 226 Å². The zero-order chi connectivity index (χ0) is 27.5. The van der Waals surface area contributed by atoms with Gasteiger partial charge in [0.1, 0.15) is 12.2 Å². The summed E-state index contributed by atoms with van der Waals surface area (Å²) >= 11 is 0. The Morgan fingerprint density at radius 3 is 2.28 bits per heavy atom. The number of benzene rings is 4. The largest absolute Gasteiger partial charge is 0.493 e. The number of urea groups is 1. The Hall–Kier alpha value is -5.17. The van der Waals surface area contributed by atoms with Crippen LogP contribution >= 0.6 is 0 Å². The average molecular weight is 519 g/mol. The van der Waals surface area contributed by atoms with Gasteiger partial charge in [0, 0.05) is 5.39 Å². The van der Waals surface area contributed by atoms with Crippen molar-refractivity contribution in [2.24, 2.45) is 0 Å². The quantitative estimate of drug-likeness (QED) is 0.163. The van der Waals surface area contributed by atoms with Crippen LogP contribution in [0.1, 0.15) is 11.1 Å². The molecule has 7 nitrogen and oxygen atoms in total. The van der Waals surface area contributed by atoms with Crippen LogP contribution < -0.4 is 19.3 Å². The minimum atomic E-state index is -0.742. The van der Waals surface area contributed by atoms with E-state index in [-0.39, 0.29) is 5.57 Å². The Kier molecular flexibility index (Phi) is 6.97. The highest BCUT2D eigenvalue weighted by Gasteiger charge is 2.44. The van der Waals surface area contributed by atoms with Crippen LogP contribution in [0.5, 0.6) is 11.5 Å². The molecule has 4 amide bonds. The highest BCUT2D eigenvalue weighted by Crippen LogP contribution is 2.35. The number of anilines is 2. The van der Waals surface area contributed by atoms with Gasteiger partial charge in [-0.05, 0) is 54.3 Å². The molecule has 5 rings (SSSR count). The van der Waals surface area contributed by atoms with E-state index in [0.717, 1.165) is 20.7 Å². The molecule has 0 saturated carbocycles. The number of ether oxygens (including phenoxy) is 2. The van der Waals surface area contributed by atoms with Crippen molar-refractivity contribution >= 4 is 46.1 Å². The van der Waals surface area contributed by atoms with Crippen molar-refractivity contribution < 1.29 is 23.9 Å². The van der Waals surface area contributed by atoms with Crippen molar-refractivity contribution in [1.82, 2.24) is 0 Å². The second-order valence-electron chi connectivity index (χ2n) is 8.97. The molecule has 0 N–H and O–H groups in total. The number of hydrogen-bond donors (Lipinski definition) is 0. The van der Waals surface area contributed by atoms with Crippen molar-refractivity contribution in [3.63, 3.8) is 0 Å². The molecule has 1 aliphatic heterocycles. The maximum absolute atomic E-state index is 13.9. The summed E-state index contributed by atoms with van der Waals surface area (Å²) in [5, 5.41) is 1.57. The van der Waals surface area contributed by atoms with E-state index >= 15 is 0 Å². The highest BCUT2D eigenvalue weighted by molar-refractivity contribution is 6.46. The molecule has 0 bridgehead atoms. The third-order valence-corrected chi connectivity index (χ3v) is 6.40. The fourth-order valence-electron chi connectivity index (χ4n) is 4.48. The van der Waals surface area contributed by atoms with Gasteiger partial charge in [-0.3, -0.25) is 9.59 Å². The summed E-state index contributed by atoms with van der Waals surface area (Å²) in [5.74, 6) is -0.499. The molecular weight excluding hydrogens is 492 g/mol. The molecule has 39 heavy (non-hydrogen) atoms. The summed E-state index contributed by atoms with van der Waals surface area (Å²) in [6, 6.07) is 24.2. The molecule has 0 unspecified atom stereocenters. The first-order chi connectivity index (χ1) is 18.9. The smallest absolute Gasteiger partial charge is 0.343 e. The van der Waals surface area contributed by atoms with E-state index in [0.29, 0.717) is 40.4 Å². The number of imide groups is 2. The predicted octanol–water partition coefficient (Wildman–Crippen LogP) is 6.31. The van der Waals surface area contributed by atoms with Gasteiger partial charge >= 0.3 is 6.03 Å². The lowest BCUT2D eigenvalue weighted by molar-refractivity contribution is -0.121. The first-order valence-electron chi connectivity index (χ1n) is 12.3. The molecule has 4 aromatic carbocycles. The number of carbonyl (C=O) groups is 3.